The quantitative estimate of drug-likeness (QED) is 0.373. The lowest BCUT2D eigenvalue weighted by Gasteiger charge is -2.33. The van der Waals surface area contributed by atoms with Crippen molar-refractivity contribution >= 4 is 36.8 Å². The molecule has 1 aliphatic carbocycles. The second-order valence-electron chi connectivity index (χ2n) is 9.64. The van der Waals surface area contributed by atoms with E-state index in [1.54, 1.807) is 19.9 Å². The molecule has 3 aromatic rings. The van der Waals surface area contributed by atoms with Crippen molar-refractivity contribution < 1.29 is 39.0 Å². The number of nitriles is 1. The van der Waals surface area contributed by atoms with Gasteiger partial charge in [-0.1, -0.05) is 19.9 Å². The van der Waals surface area contributed by atoms with Gasteiger partial charge < -0.3 is 9.17 Å². The molecule has 5 rings (SSSR count). The van der Waals surface area contributed by atoms with Crippen molar-refractivity contribution in [3.05, 3.63) is 58.3 Å². The van der Waals surface area contributed by atoms with E-state index in [9.17, 15) is 40.1 Å². The smallest absolute Gasteiger partial charge is 0.375 e. The summed E-state index contributed by atoms with van der Waals surface area (Å²) >= 11 is 0. The zero-order valence-corrected chi connectivity index (χ0v) is 21.6. The highest BCUT2D eigenvalue weighted by Crippen LogP contribution is 2.47. The summed E-state index contributed by atoms with van der Waals surface area (Å²) in [6.45, 7) is 3.46. The minimum atomic E-state index is -6.23. The van der Waals surface area contributed by atoms with Gasteiger partial charge in [0, 0.05) is 40.7 Å². The Morgan fingerprint density at radius 1 is 1.08 bits per heavy atom. The van der Waals surface area contributed by atoms with E-state index in [-0.39, 0.29) is 29.8 Å². The van der Waals surface area contributed by atoms with E-state index >= 15 is 0 Å². The number of halogens is 3. The number of ketones is 1. The highest BCUT2D eigenvalue weighted by atomic mass is 32.2. The lowest BCUT2D eigenvalue weighted by atomic mass is 9.71. The van der Waals surface area contributed by atoms with Crippen LogP contribution in [0.15, 0.2) is 35.2 Å². The van der Waals surface area contributed by atoms with Crippen LogP contribution in [0.25, 0.3) is 10.9 Å². The third kappa shape index (κ3) is 3.79. The molecule has 2 heterocycles. The molecule has 1 aliphatic heterocycles. The van der Waals surface area contributed by atoms with Gasteiger partial charge in [-0.15, -0.1) is 0 Å². The van der Waals surface area contributed by atoms with Crippen LogP contribution in [0.1, 0.15) is 59.4 Å². The largest absolute Gasteiger partial charge is 0.534 e. The van der Waals surface area contributed by atoms with Crippen molar-refractivity contribution in [3.63, 3.8) is 0 Å². The highest BCUT2D eigenvalue weighted by Gasteiger charge is 2.50. The minimum Gasteiger partial charge on any atom is -0.375 e. The molecule has 0 atom stereocenters. The summed E-state index contributed by atoms with van der Waals surface area (Å²) in [4.78, 5) is 16.0. The van der Waals surface area contributed by atoms with Gasteiger partial charge in [-0.3, -0.25) is 4.79 Å². The van der Waals surface area contributed by atoms with E-state index in [4.69, 9.17) is 0 Å². The fourth-order valence-electron chi connectivity index (χ4n) is 5.01. The average molecular weight is 568 g/mol. The lowest BCUT2D eigenvalue weighted by Crippen LogP contribution is -2.34. The molecule has 0 saturated carbocycles. The summed E-state index contributed by atoms with van der Waals surface area (Å²) in [6.07, 6.45) is 1.02. The molecular formula is C24H20F3N3O6S2. The van der Waals surface area contributed by atoms with Crippen molar-refractivity contribution in [3.8, 4) is 11.8 Å². The minimum absolute atomic E-state index is 0.0785. The molecule has 1 saturated heterocycles. The van der Waals surface area contributed by atoms with Crippen LogP contribution in [0.3, 0.4) is 0 Å². The lowest BCUT2D eigenvalue weighted by molar-refractivity contribution is -0.0501. The number of hydrogen-bond donors (Lipinski definition) is 1. The van der Waals surface area contributed by atoms with Gasteiger partial charge in [-0.2, -0.15) is 31.2 Å². The summed E-state index contributed by atoms with van der Waals surface area (Å²) in [5, 5.41) is 9.72. The number of benzene rings is 2. The maximum Gasteiger partial charge on any atom is 0.534 e. The first-order valence-corrected chi connectivity index (χ1v) is 14.2. The third-order valence-corrected chi connectivity index (χ3v) is 9.83. The van der Waals surface area contributed by atoms with Gasteiger partial charge in [0.25, 0.3) is 0 Å². The number of rotatable bonds is 4. The number of aromatic nitrogens is 1. The number of nitrogens with zero attached hydrogens (tertiary/aromatic N) is 2. The summed E-state index contributed by atoms with van der Waals surface area (Å²) in [6, 6.07) is 8.43. The van der Waals surface area contributed by atoms with Crippen molar-refractivity contribution in [1.82, 2.24) is 9.29 Å². The number of nitrogens with one attached hydrogen (secondary N) is 1. The molecule has 1 aromatic heterocycles. The van der Waals surface area contributed by atoms with Crippen molar-refractivity contribution in [2.45, 2.75) is 42.5 Å². The van der Waals surface area contributed by atoms with E-state index in [0.717, 1.165) is 16.4 Å². The van der Waals surface area contributed by atoms with Crippen LogP contribution in [0.4, 0.5) is 13.2 Å². The van der Waals surface area contributed by atoms with E-state index in [1.807, 2.05) is 6.07 Å². The van der Waals surface area contributed by atoms with E-state index in [1.165, 1.54) is 12.1 Å². The van der Waals surface area contributed by atoms with E-state index < -0.39 is 47.5 Å². The van der Waals surface area contributed by atoms with Gasteiger partial charge in [0.2, 0.25) is 10.0 Å². The number of sulfonamides is 1. The van der Waals surface area contributed by atoms with Gasteiger partial charge in [0.05, 0.1) is 17.2 Å². The molecule has 0 spiro atoms. The number of carbonyl (C=O) groups is 1. The predicted molar refractivity (Wildman–Crippen MR) is 129 cm³/mol. The molecule has 200 valence electrons. The molecule has 2 aromatic carbocycles. The van der Waals surface area contributed by atoms with E-state index in [0.29, 0.717) is 35.0 Å². The Balaban J connectivity index is 1.79. The Labute approximate surface area is 216 Å². The Morgan fingerprint density at radius 2 is 1.74 bits per heavy atom. The molecule has 1 N–H and O–H groups in total. The second kappa shape index (κ2) is 8.29. The van der Waals surface area contributed by atoms with Crippen molar-refractivity contribution in [2.24, 2.45) is 0 Å². The standard InChI is InChI=1S/C24H20F3N3O6S2/c1-23(2)16-11-18(36-38(34,35)24(25,26)27)19(37(32,33)30-7-3-4-8-30)10-15(16)21(31)20-14-6-5-13(12-28)9-17(14)29-22(20)23/h5-6,9-11,29H,3-4,7-8H2,1-2H3. The maximum atomic E-state index is 13.7. The van der Waals surface area contributed by atoms with Gasteiger partial charge in [0.15, 0.2) is 11.5 Å². The monoisotopic (exact) mass is 567 g/mol. The number of hydrogen-bond acceptors (Lipinski definition) is 7. The van der Waals surface area contributed by atoms with Crippen molar-refractivity contribution in [2.75, 3.05) is 13.1 Å². The molecule has 9 nitrogen and oxygen atoms in total. The summed E-state index contributed by atoms with van der Waals surface area (Å²) in [7, 11) is -10.7. The number of fused-ring (bicyclic) bond motifs is 4. The Bertz CT molecular complexity index is 1780. The first-order valence-electron chi connectivity index (χ1n) is 11.4. The fraction of sp³-hybridized carbons (Fsp3) is 0.333. The first kappa shape index (κ1) is 26.2. The molecule has 0 radical (unpaired) electrons. The second-order valence-corrected chi connectivity index (χ2v) is 13.1. The maximum absolute atomic E-state index is 13.7. The molecule has 1 fully saturated rings. The summed E-state index contributed by atoms with van der Waals surface area (Å²) < 4.78 is 95.8. The SMILES string of the molecule is CC1(C)c2cc(OS(=O)(=O)C(F)(F)F)c(S(=O)(=O)N3CCCC3)cc2C(=O)c2c1[nH]c1cc(C#N)ccc21. The third-order valence-electron chi connectivity index (χ3n) is 6.95. The van der Waals surface area contributed by atoms with Crippen LogP contribution >= 0.6 is 0 Å². The number of alkyl halides is 3. The topological polar surface area (TPSA) is 137 Å². The van der Waals surface area contributed by atoms with Gasteiger partial charge in [-0.25, -0.2) is 8.42 Å². The van der Waals surface area contributed by atoms with Crippen LogP contribution in [0.2, 0.25) is 0 Å². The fourth-order valence-corrected chi connectivity index (χ4v) is 7.17. The zero-order chi connectivity index (χ0) is 27.8. The predicted octanol–water partition coefficient (Wildman–Crippen LogP) is 3.92. The van der Waals surface area contributed by atoms with Gasteiger partial charge in [-0.05, 0) is 42.7 Å². The molecule has 0 unspecified atom stereocenters. The molecular weight excluding hydrogens is 547 g/mol. The van der Waals surface area contributed by atoms with Crippen LogP contribution < -0.4 is 4.18 Å². The zero-order valence-electron chi connectivity index (χ0n) is 20.0. The average Bonchev–Trinajstić information content (AvgIpc) is 3.50. The van der Waals surface area contributed by atoms with Gasteiger partial charge >= 0.3 is 15.6 Å². The molecule has 0 bridgehead atoms. The molecule has 0 amide bonds. The summed E-state index contributed by atoms with van der Waals surface area (Å²) in [5.74, 6) is -1.64. The van der Waals surface area contributed by atoms with Crippen LogP contribution in [0.5, 0.6) is 5.75 Å². The molecule has 2 aliphatic rings. The van der Waals surface area contributed by atoms with Crippen LogP contribution in [-0.4, -0.2) is 50.5 Å². The number of carbonyl (C=O) groups excluding carboxylic acids is 1. The molecule has 14 heteroatoms. The first-order chi connectivity index (χ1) is 17.6. The summed E-state index contributed by atoms with van der Waals surface area (Å²) in [5.41, 5.74) is -5.58. The highest BCUT2D eigenvalue weighted by molar-refractivity contribution is 7.89. The van der Waals surface area contributed by atoms with Gasteiger partial charge in [0.1, 0.15) is 4.90 Å². The normalized spacial score (nSPS) is 17.7. The molecule has 38 heavy (non-hydrogen) atoms. The van der Waals surface area contributed by atoms with Crippen LogP contribution in [0, 0.1) is 11.3 Å². The van der Waals surface area contributed by atoms with E-state index in [2.05, 4.69) is 9.17 Å². The Hall–Kier alpha value is -3.41. The Morgan fingerprint density at radius 3 is 2.34 bits per heavy atom. The van der Waals surface area contributed by atoms with Crippen molar-refractivity contribution in [1.29, 1.82) is 5.26 Å². The Kier molecular flexibility index (Phi) is 5.72. The number of aromatic amines is 1. The van der Waals surface area contributed by atoms with Crippen LogP contribution in [-0.2, 0) is 25.6 Å². The number of H-pyrrole nitrogens is 1.